The molecule has 0 radical (unpaired) electrons. The van der Waals surface area contributed by atoms with E-state index in [2.05, 4.69) is 0 Å². The molecule has 1 aromatic rings. The molecule has 3 nitrogen and oxygen atoms in total. The first-order chi connectivity index (χ1) is 7.96. The van der Waals surface area contributed by atoms with Gasteiger partial charge < -0.3 is 4.74 Å². The van der Waals surface area contributed by atoms with Crippen molar-refractivity contribution in [3.63, 3.8) is 0 Å². The molecule has 3 heteroatoms. The number of Topliss-reactive ketones (excluding diaryl/α,β-unsaturated/α-hetero) is 1. The predicted molar refractivity (Wildman–Crippen MR) is 64.0 cm³/mol. The van der Waals surface area contributed by atoms with Gasteiger partial charge in [0.2, 0.25) is 0 Å². The fraction of sp³-hybridized carbons (Fsp3) is 0.429. The predicted octanol–water partition coefficient (Wildman–Crippen LogP) is 2.31. The van der Waals surface area contributed by atoms with E-state index in [0.29, 0.717) is 12.0 Å². The minimum Gasteiger partial charge on any atom is -0.447 e. The summed E-state index contributed by atoms with van der Waals surface area (Å²) in [5, 5.41) is 0. The van der Waals surface area contributed by atoms with Crippen LogP contribution in [0.25, 0.3) is 0 Å². The van der Waals surface area contributed by atoms with Crippen LogP contribution in [-0.4, -0.2) is 17.4 Å². The lowest BCUT2D eigenvalue weighted by Crippen LogP contribution is -2.44. The van der Waals surface area contributed by atoms with Crippen LogP contribution >= 0.6 is 0 Å². The molecule has 1 unspecified atom stereocenters. The Morgan fingerprint density at radius 3 is 2.76 bits per heavy atom. The first-order valence-electron chi connectivity index (χ1n) is 5.82. The summed E-state index contributed by atoms with van der Waals surface area (Å²) < 4.78 is 5.27. The van der Waals surface area contributed by atoms with E-state index >= 15 is 0 Å². The number of ether oxygens (including phenoxy) is 1. The van der Waals surface area contributed by atoms with Crippen LogP contribution in [0.4, 0.5) is 0 Å². The van der Waals surface area contributed by atoms with Crippen LogP contribution in [-0.2, 0) is 22.4 Å². The van der Waals surface area contributed by atoms with Crippen LogP contribution in [0.1, 0.15) is 42.3 Å². The number of fused-ring (bicyclic) bond motifs is 1. The minimum absolute atomic E-state index is 0.115. The van der Waals surface area contributed by atoms with E-state index in [0.717, 1.165) is 17.5 Å². The molecule has 0 N–H and O–H groups in total. The topological polar surface area (TPSA) is 43.4 Å². The Morgan fingerprint density at radius 2 is 2.18 bits per heavy atom. The Morgan fingerprint density at radius 1 is 1.47 bits per heavy atom. The van der Waals surface area contributed by atoms with E-state index in [4.69, 9.17) is 4.74 Å². The van der Waals surface area contributed by atoms with Gasteiger partial charge >= 0.3 is 5.97 Å². The quantitative estimate of drug-likeness (QED) is 0.735. The van der Waals surface area contributed by atoms with Crippen LogP contribution in [0.3, 0.4) is 0 Å². The summed E-state index contributed by atoms with van der Waals surface area (Å²) >= 11 is 0. The van der Waals surface area contributed by atoms with Crippen molar-refractivity contribution >= 4 is 11.8 Å². The van der Waals surface area contributed by atoms with Gasteiger partial charge in [-0.3, -0.25) is 4.79 Å². The fourth-order valence-corrected chi connectivity index (χ4v) is 2.04. The van der Waals surface area contributed by atoms with Gasteiger partial charge in [0, 0.05) is 6.42 Å². The molecule has 1 heterocycles. The third kappa shape index (κ3) is 1.97. The number of rotatable bonds is 2. The van der Waals surface area contributed by atoms with Crippen LogP contribution in [0, 0.1) is 0 Å². The largest absolute Gasteiger partial charge is 0.447 e. The Kier molecular flexibility index (Phi) is 2.77. The summed E-state index contributed by atoms with van der Waals surface area (Å²) in [6.45, 7) is 5.16. The first kappa shape index (κ1) is 11.8. The number of hydrogen-bond acceptors (Lipinski definition) is 3. The summed E-state index contributed by atoms with van der Waals surface area (Å²) in [6, 6.07) is 5.78. The molecule has 0 aliphatic carbocycles. The average molecular weight is 232 g/mol. The molecule has 0 fully saturated rings. The molecule has 0 bridgehead atoms. The lowest BCUT2D eigenvalue weighted by Gasteiger charge is -2.32. The molecule has 1 atom stereocenters. The van der Waals surface area contributed by atoms with Gasteiger partial charge in [-0.05, 0) is 37.5 Å². The molecule has 0 spiro atoms. The molecule has 1 aliphatic heterocycles. The van der Waals surface area contributed by atoms with Crippen molar-refractivity contribution in [2.24, 2.45) is 0 Å². The maximum atomic E-state index is 11.9. The molecular formula is C14H16O3. The van der Waals surface area contributed by atoms with Crippen LogP contribution in [0.2, 0.25) is 0 Å². The van der Waals surface area contributed by atoms with Gasteiger partial charge in [-0.25, -0.2) is 4.79 Å². The van der Waals surface area contributed by atoms with Gasteiger partial charge in [-0.15, -0.1) is 0 Å². The zero-order chi connectivity index (χ0) is 12.6. The SMILES string of the molecule is CCc1ccc2c(c1)C(=O)OC(C)(C(C)=O)C2. The van der Waals surface area contributed by atoms with Crippen molar-refractivity contribution in [2.75, 3.05) is 0 Å². The highest BCUT2D eigenvalue weighted by atomic mass is 16.6. The lowest BCUT2D eigenvalue weighted by atomic mass is 9.86. The van der Waals surface area contributed by atoms with Crippen molar-refractivity contribution < 1.29 is 14.3 Å². The van der Waals surface area contributed by atoms with E-state index in [-0.39, 0.29) is 11.8 Å². The minimum atomic E-state index is -1.00. The number of benzene rings is 1. The highest BCUT2D eigenvalue weighted by Gasteiger charge is 2.40. The number of hydrogen-bond donors (Lipinski definition) is 0. The number of ketones is 1. The van der Waals surface area contributed by atoms with Crippen molar-refractivity contribution in [2.45, 2.75) is 39.2 Å². The van der Waals surface area contributed by atoms with E-state index < -0.39 is 5.60 Å². The number of carbonyl (C=O) groups excluding carboxylic acids is 2. The zero-order valence-corrected chi connectivity index (χ0v) is 10.4. The van der Waals surface area contributed by atoms with Gasteiger partial charge in [0.15, 0.2) is 11.4 Å². The van der Waals surface area contributed by atoms with Crippen LogP contribution < -0.4 is 0 Å². The smallest absolute Gasteiger partial charge is 0.339 e. The Labute approximate surface area is 101 Å². The summed E-state index contributed by atoms with van der Waals surface area (Å²) in [6.07, 6.45) is 1.35. The first-order valence-corrected chi connectivity index (χ1v) is 5.82. The highest BCUT2D eigenvalue weighted by molar-refractivity contribution is 5.97. The standard InChI is InChI=1S/C14H16O3/c1-4-10-5-6-11-8-14(3,9(2)15)17-13(16)12(11)7-10/h5-7H,4,8H2,1-3H3. The highest BCUT2D eigenvalue weighted by Crippen LogP contribution is 2.29. The van der Waals surface area contributed by atoms with Gasteiger partial charge in [0.1, 0.15) is 0 Å². The van der Waals surface area contributed by atoms with Gasteiger partial charge in [0.25, 0.3) is 0 Å². The van der Waals surface area contributed by atoms with Crippen LogP contribution in [0.15, 0.2) is 18.2 Å². The second kappa shape index (κ2) is 3.99. The molecule has 2 rings (SSSR count). The number of esters is 1. The molecule has 0 amide bonds. The molecule has 1 aromatic carbocycles. The summed E-state index contributed by atoms with van der Waals surface area (Å²) in [7, 11) is 0. The third-order valence-corrected chi connectivity index (χ3v) is 3.39. The van der Waals surface area contributed by atoms with Crippen LogP contribution in [0.5, 0.6) is 0 Å². The molecule has 17 heavy (non-hydrogen) atoms. The van der Waals surface area contributed by atoms with Gasteiger partial charge in [-0.1, -0.05) is 19.1 Å². The fourth-order valence-electron chi connectivity index (χ4n) is 2.04. The summed E-state index contributed by atoms with van der Waals surface area (Å²) in [5.41, 5.74) is 1.60. The number of aryl methyl sites for hydroxylation is 1. The molecule has 0 saturated heterocycles. The maximum Gasteiger partial charge on any atom is 0.339 e. The van der Waals surface area contributed by atoms with E-state index in [1.54, 1.807) is 6.92 Å². The van der Waals surface area contributed by atoms with E-state index in [1.807, 2.05) is 25.1 Å². The Hall–Kier alpha value is -1.64. The molecular weight excluding hydrogens is 216 g/mol. The second-order valence-corrected chi connectivity index (χ2v) is 4.70. The molecule has 1 aliphatic rings. The van der Waals surface area contributed by atoms with Gasteiger partial charge in [-0.2, -0.15) is 0 Å². The van der Waals surface area contributed by atoms with Crippen molar-refractivity contribution in [3.05, 3.63) is 34.9 Å². The average Bonchev–Trinajstić information content (AvgIpc) is 2.28. The second-order valence-electron chi connectivity index (χ2n) is 4.70. The number of carbonyl (C=O) groups is 2. The lowest BCUT2D eigenvalue weighted by molar-refractivity contribution is -0.135. The zero-order valence-electron chi connectivity index (χ0n) is 10.4. The van der Waals surface area contributed by atoms with Crippen molar-refractivity contribution in [3.8, 4) is 0 Å². The maximum absolute atomic E-state index is 11.9. The van der Waals surface area contributed by atoms with Crippen molar-refractivity contribution in [1.29, 1.82) is 0 Å². The molecule has 0 aromatic heterocycles. The van der Waals surface area contributed by atoms with Crippen molar-refractivity contribution in [1.82, 2.24) is 0 Å². The van der Waals surface area contributed by atoms with Gasteiger partial charge in [0.05, 0.1) is 5.56 Å². The third-order valence-electron chi connectivity index (χ3n) is 3.39. The molecule has 90 valence electrons. The normalized spacial score (nSPS) is 22.9. The van der Waals surface area contributed by atoms with E-state index in [1.165, 1.54) is 6.92 Å². The Bertz CT molecular complexity index is 490. The van der Waals surface area contributed by atoms with E-state index in [9.17, 15) is 9.59 Å². The summed E-state index contributed by atoms with van der Waals surface area (Å²) in [4.78, 5) is 23.4. The molecule has 0 saturated carbocycles. The monoisotopic (exact) mass is 232 g/mol. The Balaban J connectivity index is 2.45. The number of cyclic esters (lactones) is 1. The summed E-state index contributed by atoms with van der Waals surface area (Å²) in [5.74, 6) is -0.504.